The lowest BCUT2D eigenvalue weighted by Crippen LogP contribution is -2.35. The van der Waals surface area contributed by atoms with Gasteiger partial charge in [-0.25, -0.2) is 4.79 Å². The summed E-state index contributed by atoms with van der Waals surface area (Å²) in [5.74, 6) is 0.376. The van der Waals surface area contributed by atoms with E-state index in [1.165, 1.54) is 23.8 Å². The van der Waals surface area contributed by atoms with Crippen molar-refractivity contribution in [1.82, 2.24) is 9.55 Å². The van der Waals surface area contributed by atoms with Gasteiger partial charge in [0.2, 0.25) is 0 Å². The molecule has 0 saturated heterocycles. The average molecular weight is 222 g/mol. The summed E-state index contributed by atoms with van der Waals surface area (Å²) in [7, 11) is 0. The van der Waals surface area contributed by atoms with E-state index in [1.54, 1.807) is 13.0 Å². The van der Waals surface area contributed by atoms with Crippen LogP contribution >= 0.6 is 0 Å². The molecule has 16 heavy (non-hydrogen) atoms. The minimum Gasteiger partial charge on any atom is -0.311 e. The zero-order valence-corrected chi connectivity index (χ0v) is 9.66. The van der Waals surface area contributed by atoms with Gasteiger partial charge in [0.05, 0.1) is 0 Å². The van der Waals surface area contributed by atoms with E-state index >= 15 is 0 Å². The zero-order valence-electron chi connectivity index (χ0n) is 9.66. The van der Waals surface area contributed by atoms with Gasteiger partial charge >= 0.3 is 5.69 Å². The molecule has 88 valence electrons. The van der Waals surface area contributed by atoms with Gasteiger partial charge < -0.3 is 4.98 Å². The Morgan fingerprint density at radius 3 is 2.56 bits per heavy atom. The highest BCUT2D eigenvalue weighted by Gasteiger charge is 2.17. The topological polar surface area (TPSA) is 54.9 Å². The molecule has 4 heteroatoms. The summed E-state index contributed by atoms with van der Waals surface area (Å²) >= 11 is 0. The fourth-order valence-electron chi connectivity index (χ4n) is 2.47. The monoisotopic (exact) mass is 222 g/mol. The molecule has 1 aromatic heterocycles. The Bertz CT molecular complexity index is 435. The SMILES string of the molecule is CCn1c(=O)cc(C2CCCCC2)[nH]c1=O. The summed E-state index contributed by atoms with van der Waals surface area (Å²) in [4.78, 5) is 26.2. The Morgan fingerprint density at radius 1 is 1.31 bits per heavy atom. The van der Waals surface area contributed by atoms with Crippen LogP contribution in [0.4, 0.5) is 0 Å². The van der Waals surface area contributed by atoms with Gasteiger partial charge in [-0.3, -0.25) is 9.36 Å². The van der Waals surface area contributed by atoms with Crippen molar-refractivity contribution in [3.63, 3.8) is 0 Å². The Kier molecular flexibility index (Phi) is 3.27. The maximum absolute atomic E-state index is 11.7. The van der Waals surface area contributed by atoms with Gasteiger partial charge in [-0.05, 0) is 25.7 Å². The van der Waals surface area contributed by atoms with Crippen molar-refractivity contribution in [2.75, 3.05) is 0 Å². The third-order valence-electron chi connectivity index (χ3n) is 3.40. The van der Waals surface area contributed by atoms with Crippen molar-refractivity contribution < 1.29 is 0 Å². The molecule has 0 atom stereocenters. The number of hydrogen-bond acceptors (Lipinski definition) is 2. The second-order valence-corrected chi connectivity index (χ2v) is 4.45. The van der Waals surface area contributed by atoms with Gasteiger partial charge in [-0.2, -0.15) is 0 Å². The normalized spacial score (nSPS) is 17.6. The number of H-pyrrole nitrogens is 1. The molecule has 1 aliphatic carbocycles. The van der Waals surface area contributed by atoms with Gasteiger partial charge in [0.15, 0.2) is 0 Å². The minimum atomic E-state index is -0.268. The van der Waals surface area contributed by atoms with E-state index in [0.29, 0.717) is 12.5 Å². The van der Waals surface area contributed by atoms with E-state index < -0.39 is 0 Å². The molecule has 2 rings (SSSR count). The maximum atomic E-state index is 11.7. The molecule has 0 unspecified atom stereocenters. The quantitative estimate of drug-likeness (QED) is 0.826. The van der Waals surface area contributed by atoms with Crippen molar-refractivity contribution in [2.24, 2.45) is 0 Å². The van der Waals surface area contributed by atoms with Crippen LogP contribution in [0.5, 0.6) is 0 Å². The highest BCUT2D eigenvalue weighted by Crippen LogP contribution is 2.30. The fraction of sp³-hybridized carbons (Fsp3) is 0.667. The van der Waals surface area contributed by atoms with Crippen LogP contribution in [0, 0.1) is 0 Å². The lowest BCUT2D eigenvalue weighted by Gasteiger charge is -2.21. The fourth-order valence-corrected chi connectivity index (χ4v) is 2.47. The number of hydrogen-bond donors (Lipinski definition) is 1. The molecule has 0 aliphatic heterocycles. The predicted octanol–water partition coefficient (Wildman–Crippen LogP) is 1.60. The van der Waals surface area contributed by atoms with Crippen LogP contribution in [0.15, 0.2) is 15.7 Å². The summed E-state index contributed by atoms with van der Waals surface area (Å²) in [6.07, 6.45) is 5.84. The van der Waals surface area contributed by atoms with Crippen LogP contribution < -0.4 is 11.2 Å². The van der Waals surface area contributed by atoms with Gasteiger partial charge in [-0.1, -0.05) is 19.3 Å². The molecule has 0 spiro atoms. The first-order valence-corrected chi connectivity index (χ1v) is 6.06. The molecule has 0 amide bonds. The van der Waals surface area contributed by atoms with Crippen LogP contribution in [-0.2, 0) is 6.54 Å². The van der Waals surface area contributed by atoms with Gasteiger partial charge in [0.1, 0.15) is 0 Å². The Labute approximate surface area is 94.3 Å². The molecule has 1 heterocycles. The Hall–Kier alpha value is -1.32. The summed E-state index contributed by atoms with van der Waals surface area (Å²) < 4.78 is 1.23. The highest BCUT2D eigenvalue weighted by atomic mass is 16.2. The summed E-state index contributed by atoms with van der Waals surface area (Å²) in [5, 5.41) is 0. The standard InChI is InChI=1S/C12H18N2O2/c1-2-14-11(15)8-10(13-12(14)16)9-6-4-3-5-7-9/h8-9H,2-7H2,1H3,(H,13,16). The van der Waals surface area contributed by atoms with Gasteiger partial charge in [-0.15, -0.1) is 0 Å². The maximum Gasteiger partial charge on any atom is 0.328 e. The zero-order chi connectivity index (χ0) is 11.5. The highest BCUT2D eigenvalue weighted by molar-refractivity contribution is 5.07. The van der Waals surface area contributed by atoms with Crippen LogP contribution in [0.1, 0.15) is 50.6 Å². The molecule has 1 saturated carbocycles. The third kappa shape index (κ3) is 2.10. The van der Waals surface area contributed by atoms with Crippen molar-refractivity contribution in [3.8, 4) is 0 Å². The number of nitrogens with zero attached hydrogens (tertiary/aromatic N) is 1. The summed E-state index contributed by atoms with van der Waals surface area (Å²) in [6.45, 7) is 2.23. The minimum absolute atomic E-state index is 0.174. The molecule has 0 radical (unpaired) electrons. The first kappa shape index (κ1) is 11.2. The van der Waals surface area contributed by atoms with Crippen LogP contribution in [-0.4, -0.2) is 9.55 Å². The van der Waals surface area contributed by atoms with E-state index in [2.05, 4.69) is 4.98 Å². The average Bonchev–Trinajstić information content (AvgIpc) is 2.30. The summed E-state index contributed by atoms with van der Waals surface area (Å²) in [6, 6.07) is 1.60. The second-order valence-electron chi connectivity index (χ2n) is 4.45. The molecule has 0 bridgehead atoms. The second kappa shape index (κ2) is 4.68. The molecule has 4 nitrogen and oxygen atoms in total. The number of aromatic amines is 1. The van der Waals surface area contributed by atoms with Crippen LogP contribution in [0.25, 0.3) is 0 Å². The van der Waals surface area contributed by atoms with Gasteiger partial charge in [0.25, 0.3) is 5.56 Å². The van der Waals surface area contributed by atoms with Crippen molar-refractivity contribution >= 4 is 0 Å². The smallest absolute Gasteiger partial charge is 0.311 e. The van der Waals surface area contributed by atoms with E-state index in [4.69, 9.17) is 0 Å². The molecule has 1 aliphatic rings. The third-order valence-corrected chi connectivity index (χ3v) is 3.40. The molecular weight excluding hydrogens is 204 g/mol. The van der Waals surface area contributed by atoms with Crippen molar-refractivity contribution in [1.29, 1.82) is 0 Å². The van der Waals surface area contributed by atoms with Crippen LogP contribution in [0.3, 0.4) is 0 Å². The Balaban J connectivity index is 2.35. The van der Waals surface area contributed by atoms with E-state index in [1.807, 2.05) is 0 Å². The lowest BCUT2D eigenvalue weighted by molar-refractivity contribution is 0.433. The van der Waals surface area contributed by atoms with E-state index in [-0.39, 0.29) is 11.2 Å². The summed E-state index contributed by atoms with van der Waals surface area (Å²) in [5.41, 5.74) is 0.391. The largest absolute Gasteiger partial charge is 0.328 e. The Morgan fingerprint density at radius 2 is 2.00 bits per heavy atom. The number of nitrogens with one attached hydrogen (secondary N) is 1. The molecule has 1 N–H and O–H groups in total. The number of aromatic nitrogens is 2. The number of rotatable bonds is 2. The first-order chi connectivity index (χ1) is 7.72. The van der Waals surface area contributed by atoms with Crippen molar-refractivity contribution in [3.05, 3.63) is 32.6 Å². The first-order valence-electron chi connectivity index (χ1n) is 6.06. The van der Waals surface area contributed by atoms with Crippen molar-refractivity contribution in [2.45, 2.75) is 51.5 Å². The molecular formula is C12H18N2O2. The predicted molar refractivity (Wildman–Crippen MR) is 62.8 cm³/mol. The molecule has 1 aromatic rings. The van der Waals surface area contributed by atoms with Crippen LogP contribution in [0.2, 0.25) is 0 Å². The van der Waals surface area contributed by atoms with Gasteiger partial charge in [0, 0.05) is 18.3 Å². The van der Waals surface area contributed by atoms with E-state index in [9.17, 15) is 9.59 Å². The molecule has 0 aromatic carbocycles. The lowest BCUT2D eigenvalue weighted by atomic mass is 9.87. The molecule has 1 fully saturated rings. The van der Waals surface area contributed by atoms with E-state index in [0.717, 1.165) is 18.5 Å².